The zero-order chi connectivity index (χ0) is 14.3. The summed E-state index contributed by atoms with van der Waals surface area (Å²) in [5.74, 6) is -2.76. The summed E-state index contributed by atoms with van der Waals surface area (Å²) in [4.78, 5) is 11.3. The highest BCUT2D eigenvalue weighted by Crippen LogP contribution is 2.13. The molecule has 0 aromatic rings. The summed E-state index contributed by atoms with van der Waals surface area (Å²) in [6.07, 6.45) is -2.73. The molecule has 0 aliphatic carbocycles. The molecule has 110 valence electrons. The standard InChI is InChI=1S/C9H16N2O.C2HF3O2/c1(9-7-10-8-9)2-11-3-5-12-6-4-11;3-2(4,5)1(6)7/h1,10H,2-8H2;(H,6,7). The van der Waals surface area contributed by atoms with Gasteiger partial charge in [-0.1, -0.05) is 6.08 Å². The number of hydrogen-bond donors (Lipinski definition) is 2. The van der Waals surface area contributed by atoms with Crippen LogP contribution in [0, 0.1) is 0 Å². The number of carboxylic acids is 1. The van der Waals surface area contributed by atoms with Crippen molar-refractivity contribution in [1.29, 1.82) is 0 Å². The van der Waals surface area contributed by atoms with E-state index in [1.54, 1.807) is 5.57 Å². The molecule has 0 radical (unpaired) electrons. The number of rotatable bonds is 2. The van der Waals surface area contributed by atoms with Crippen molar-refractivity contribution < 1.29 is 27.8 Å². The predicted molar refractivity (Wildman–Crippen MR) is 61.9 cm³/mol. The summed E-state index contributed by atoms with van der Waals surface area (Å²) in [6.45, 7) is 7.31. The van der Waals surface area contributed by atoms with E-state index in [0.717, 1.165) is 45.9 Å². The second-order valence-electron chi connectivity index (χ2n) is 4.18. The fourth-order valence-corrected chi connectivity index (χ4v) is 1.46. The van der Waals surface area contributed by atoms with Crippen molar-refractivity contribution in [3.8, 4) is 0 Å². The van der Waals surface area contributed by atoms with Crippen LogP contribution in [-0.2, 0) is 9.53 Å². The number of carbonyl (C=O) groups is 1. The van der Waals surface area contributed by atoms with Crippen molar-refractivity contribution in [2.45, 2.75) is 6.18 Å². The van der Waals surface area contributed by atoms with E-state index in [4.69, 9.17) is 14.6 Å². The molecule has 19 heavy (non-hydrogen) atoms. The van der Waals surface area contributed by atoms with Crippen molar-refractivity contribution in [2.75, 3.05) is 45.9 Å². The number of nitrogens with zero attached hydrogens (tertiary/aromatic N) is 1. The Hall–Kier alpha value is -1.12. The van der Waals surface area contributed by atoms with Crippen LogP contribution in [0.4, 0.5) is 13.2 Å². The van der Waals surface area contributed by atoms with Gasteiger partial charge in [0.25, 0.3) is 0 Å². The number of halogens is 3. The van der Waals surface area contributed by atoms with Gasteiger partial charge in [-0.25, -0.2) is 4.79 Å². The zero-order valence-electron chi connectivity index (χ0n) is 10.4. The van der Waals surface area contributed by atoms with Gasteiger partial charge in [0.05, 0.1) is 13.2 Å². The minimum Gasteiger partial charge on any atom is -0.475 e. The Morgan fingerprint density at radius 3 is 2.26 bits per heavy atom. The number of hydrogen-bond acceptors (Lipinski definition) is 4. The van der Waals surface area contributed by atoms with Crippen LogP contribution in [0.2, 0.25) is 0 Å². The van der Waals surface area contributed by atoms with Gasteiger partial charge in [-0.2, -0.15) is 13.2 Å². The van der Waals surface area contributed by atoms with Crippen molar-refractivity contribution in [3.63, 3.8) is 0 Å². The van der Waals surface area contributed by atoms with Gasteiger partial charge < -0.3 is 15.2 Å². The lowest BCUT2D eigenvalue weighted by molar-refractivity contribution is -0.192. The SMILES string of the molecule is C(CN1CCOCC1)=C1CNC1.O=C(O)C(F)(F)F. The summed E-state index contributed by atoms with van der Waals surface area (Å²) in [6, 6.07) is 0. The van der Waals surface area contributed by atoms with Crippen LogP contribution in [0.3, 0.4) is 0 Å². The number of morpholine rings is 1. The fourth-order valence-electron chi connectivity index (χ4n) is 1.46. The number of nitrogens with one attached hydrogen (secondary N) is 1. The molecular formula is C11H17F3N2O3. The third kappa shape index (κ3) is 6.55. The maximum absolute atomic E-state index is 10.6. The van der Waals surface area contributed by atoms with Gasteiger partial charge in [0.2, 0.25) is 0 Å². The average Bonchev–Trinajstić information content (AvgIpc) is 2.28. The first kappa shape index (κ1) is 15.9. The molecule has 0 unspecified atom stereocenters. The molecule has 5 nitrogen and oxygen atoms in total. The number of alkyl halides is 3. The molecule has 2 saturated heterocycles. The second kappa shape index (κ2) is 7.46. The molecule has 0 amide bonds. The van der Waals surface area contributed by atoms with E-state index in [-0.39, 0.29) is 0 Å². The minimum absolute atomic E-state index is 0.904. The van der Waals surface area contributed by atoms with Gasteiger partial charge in [-0.3, -0.25) is 4.90 Å². The molecule has 0 spiro atoms. The first-order valence-electron chi connectivity index (χ1n) is 5.88. The molecule has 0 bridgehead atoms. The van der Waals surface area contributed by atoms with Gasteiger partial charge in [-0.05, 0) is 5.57 Å². The minimum atomic E-state index is -5.08. The summed E-state index contributed by atoms with van der Waals surface area (Å²) in [7, 11) is 0. The van der Waals surface area contributed by atoms with Crippen molar-refractivity contribution >= 4 is 5.97 Å². The fraction of sp³-hybridized carbons (Fsp3) is 0.727. The predicted octanol–water partition coefficient (Wildman–Crippen LogP) is 0.481. The monoisotopic (exact) mass is 282 g/mol. The molecule has 2 aliphatic heterocycles. The number of carboxylic acid groups (broad SMARTS) is 1. The van der Waals surface area contributed by atoms with E-state index in [9.17, 15) is 13.2 Å². The highest BCUT2D eigenvalue weighted by atomic mass is 19.4. The van der Waals surface area contributed by atoms with Crippen LogP contribution >= 0.6 is 0 Å². The molecule has 8 heteroatoms. The Morgan fingerprint density at radius 2 is 1.89 bits per heavy atom. The Kier molecular flexibility index (Phi) is 6.26. The van der Waals surface area contributed by atoms with Crippen molar-refractivity contribution in [1.82, 2.24) is 10.2 Å². The highest BCUT2D eigenvalue weighted by molar-refractivity contribution is 5.73. The largest absolute Gasteiger partial charge is 0.490 e. The van der Waals surface area contributed by atoms with Crippen LogP contribution in [0.5, 0.6) is 0 Å². The lowest BCUT2D eigenvalue weighted by Gasteiger charge is -2.26. The quantitative estimate of drug-likeness (QED) is 0.721. The first-order chi connectivity index (χ1) is 8.89. The van der Waals surface area contributed by atoms with Gasteiger partial charge in [-0.15, -0.1) is 0 Å². The van der Waals surface area contributed by atoms with E-state index in [0.29, 0.717) is 0 Å². The van der Waals surface area contributed by atoms with Gasteiger partial charge >= 0.3 is 12.1 Å². The zero-order valence-corrected chi connectivity index (χ0v) is 10.4. The van der Waals surface area contributed by atoms with Crippen molar-refractivity contribution in [3.05, 3.63) is 11.6 Å². The van der Waals surface area contributed by atoms with Crippen molar-refractivity contribution in [2.24, 2.45) is 0 Å². The van der Waals surface area contributed by atoms with Crippen LogP contribution in [0.15, 0.2) is 11.6 Å². The normalized spacial score (nSPS) is 20.1. The Morgan fingerprint density at radius 1 is 1.37 bits per heavy atom. The van der Waals surface area contributed by atoms with Crippen LogP contribution < -0.4 is 5.32 Å². The Labute approximate surface area is 109 Å². The summed E-state index contributed by atoms with van der Waals surface area (Å²) >= 11 is 0. The van der Waals surface area contributed by atoms with E-state index >= 15 is 0 Å². The molecule has 2 N–H and O–H groups in total. The number of ether oxygens (including phenoxy) is 1. The Balaban J connectivity index is 0.000000224. The van der Waals surface area contributed by atoms with Gasteiger partial charge in [0.1, 0.15) is 0 Å². The highest BCUT2D eigenvalue weighted by Gasteiger charge is 2.38. The third-order valence-electron chi connectivity index (χ3n) is 2.69. The summed E-state index contributed by atoms with van der Waals surface area (Å²) < 4.78 is 37.0. The second-order valence-corrected chi connectivity index (χ2v) is 4.18. The van der Waals surface area contributed by atoms with E-state index in [2.05, 4.69) is 16.3 Å². The summed E-state index contributed by atoms with van der Waals surface area (Å²) in [5, 5.41) is 10.4. The molecule has 0 aromatic carbocycles. The first-order valence-corrected chi connectivity index (χ1v) is 5.88. The molecule has 2 heterocycles. The van der Waals surface area contributed by atoms with Crippen LogP contribution in [0.25, 0.3) is 0 Å². The maximum atomic E-state index is 10.6. The molecule has 0 aromatic heterocycles. The maximum Gasteiger partial charge on any atom is 0.490 e. The van der Waals surface area contributed by atoms with E-state index in [1.165, 1.54) is 0 Å². The lowest BCUT2D eigenvalue weighted by Crippen LogP contribution is -2.38. The van der Waals surface area contributed by atoms with Gasteiger partial charge in [0, 0.05) is 32.7 Å². The van der Waals surface area contributed by atoms with Crippen LogP contribution in [-0.4, -0.2) is 68.1 Å². The molecular weight excluding hydrogens is 265 g/mol. The van der Waals surface area contributed by atoms with Gasteiger partial charge in [0.15, 0.2) is 0 Å². The topological polar surface area (TPSA) is 61.8 Å². The lowest BCUT2D eigenvalue weighted by atomic mass is 10.1. The molecule has 0 saturated carbocycles. The van der Waals surface area contributed by atoms with E-state index in [1.807, 2.05) is 0 Å². The third-order valence-corrected chi connectivity index (χ3v) is 2.69. The molecule has 2 aliphatic rings. The number of aliphatic carboxylic acids is 1. The molecule has 2 fully saturated rings. The molecule has 2 rings (SSSR count). The van der Waals surface area contributed by atoms with Crippen LogP contribution in [0.1, 0.15) is 0 Å². The smallest absolute Gasteiger partial charge is 0.475 e. The molecule has 0 atom stereocenters. The summed E-state index contributed by atoms with van der Waals surface area (Å²) in [5.41, 5.74) is 1.56. The average molecular weight is 282 g/mol. The Bertz CT molecular complexity index is 320. The van der Waals surface area contributed by atoms with E-state index < -0.39 is 12.1 Å².